The third-order valence-corrected chi connectivity index (χ3v) is 5.71. The maximum atomic E-state index is 13.1. The lowest BCUT2D eigenvalue weighted by Crippen LogP contribution is -2.46. The Kier molecular flexibility index (Phi) is 4.49. The van der Waals surface area contributed by atoms with Crippen LogP contribution in [0.1, 0.15) is 48.0 Å². The first kappa shape index (κ1) is 16.8. The second-order valence-corrected chi connectivity index (χ2v) is 7.31. The van der Waals surface area contributed by atoms with Crippen molar-refractivity contribution in [2.24, 2.45) is 5.92 Å². The fourth-order valence-electron chi connectivity index (χ4n) is 4.46. The molecule has 1 aliphatic heterocycles. The lowest BCUT2D eigenvalue weighted by Gasteiger charge is -2.33. The summed E-state index contributed by atoms with van der Waals surface area (Å²) in [6.07, 6.45) is 8.36. The molecule has 1 N–H and O–H groups in total. The van der Waals surface area contributed by atoms with Crippen LogP contribution in [0.25, 0.3) is 0 Å². The molecule has 2 heterocycles. The van der Waals surface area contributed by atoms with Gasteiger partial charge in [-0.25, -0.2) is 4.79 Å². The smallest absolute Gasteiger partial charge is 0.326 e. The minimum absolute atomic E-state index is 0.0705. The summed E-state index contributed by atoms with van der Waals surface area (Å²) in [6, 6.07) is 8.68. The molecule has 1 saturated heterocycles. The standard InChI is InChI=1S/C20H23N3O3/c24-19(15-8-6-14(7-9-15)13-22-11-3-10-21-22)23-17-5-2-1-4-16(17)12-18(23)20(25)26/h3,6-11,16-18H,1-2,4-5,12-13H2,(H,25,26)/t16-,17-,18-/m0/s1. The quantitative estimate of drug-likeness (QED) is 0.917. The van der Waals surface area contributed by atoms with Gasteiger partial charge in [0.25, 0.3) is 5.91 Å². The molecule has 2 aromatic rings. The SMILES string of the molecule is O=C(O)[C@@H]1C[C@@H]2CCCC[C@@H]2N1C(=O)c1ccc(Cn2cccn2)cc1. The van der Waals surface area contributed by atoms with Gasteiger partial charge in [-0.3, -0.25) is 9.48 Å². The van der Waals surface area contributed by atoms with Crippen LogP contribution in [0.4, 0.5) is 0 Å². The third kappa shape index (κ3) is 3.11. The summed E-state index contributed by atoms with van der Waals surface area (Å²) in [5.74, 6) is -0.714. The number of benzene rings is 1. The Hall–Kier alpha value is -2.63. The normalized spacial score (nSPS) is 25.1. The van der Waals surface area contributed by atoms with Crippen molar-refractivity contribution in [1.82, 2.24) is 14.7 Å². The van der Waals surface area contributed by atoms with Crippen LogP contribution in [0.5, 0.6) is 0 Å². The number of aliphatic carboxylic acids is 1. The zero-order valence-corrected chi connectivity index (χ0v) is 14.6. The number of carboxylic acids is 1. The molecule has 0 spiro atoms. The van der Waals surface area contributed by atoms with Crippen molar-refractivity contribution >= 4 is 11.9 Å². The van der Waals surface area contributed by atoms with Crippen molar-refractivity contribution in [2.75, 3.05) is 0 Å². The monoisotopic (exact) mass is 353 g/mol. The molecule has 2 aliphatic rings. The molecule has 1 aromatic carbocycles. The summed E-state index contributed by atoms with van der Waals surface area (Å²) in [7, 11) is 0. The van der Waals surface area contributed by atoms with E-state index in [2.05, 4.69) is 5.10 Å². The molecule has 26 heavy (non-hydrogen) atoms. The predicted molar refractivity (Wildman–Crippen MR) is 95.7 cm³/mol. The van der Waals surface area contributed by atoms with Crippen molar-refractivity contribution in [3.05, 3.63) is 53.9 Å². The Balaban J connectivity index is 1.54. The number of carboxylic acid groups (broad SMARTS) is 1. The maximum absolute atomic E-state index is 13.1. The van der Waals surface area contributed by atoms with Gasteiger partial charge >= 0.3 is 5.97 Å². The molecule has 3 atom stereocenters. The molecule has 0 radical (unpaired) electrons. The van der Waals surface area contributed by atoms with Crippen molar-refractivity contribution < 1.29 is 14.7 Å². The molecule has 6 nitrogen and oxygen atoms in total. The van der Waals surface area contributed by atoms with Crippen LogP contribution in [-0.2, 0) is 11.3 Å². The van der Waals surface area contributed by atoms with Crippen molar-refractivity contribution in [2.45, 2.75) is 50.7 Å². The highest BCUT2D eigenvalue weighted by atomic mass is 16.4. The second-order valence-electron chi connectivity index (χ2n) is 7.31. The van der Waals surface area contributed by atoms with E-state index in [1.807, 2.05) is 29.1 Å². The highest BCUT2D eigenvalue weighted by Gasteiger charge is 2.47. The molecule has 136 valence electrons. The van der Waals surface area contributed by atoms with Crippen LogP contribution in [0, 0.1) is 5.92 Å². The van der Waals surface area contributed by atoms with Crippen molar-refractivity contribution in [1.29, 1.82) is 0 Å². The van der Waals surface area contributed by atoms with Crippen LogP contribution >= 0.6 is 0 Å². The summed E-state index contributed by atoms with van der Waals surface area (Å²) in [6.45, 7) is 0.646. The van der Waals surface area contributed by atoms with Crippen molar-refractivity contribution in [3.63, 3.8) is 0 Å². The first-order valence-electron chi connectivity index (χ1n) is 9.25. The molecule has 0 unspecified atom stereocenters. The molecule has 1 aliphatic carbocycles. The van der Waals surface area contributed by atoms with Crippen LogP contribution in [0.3, 0.4) is 0 Å². The van der Waals surface area contributed by atoms with E-state index in [0.717, 1.165) is 31.2 Å². The summed E-state index contributed by atoms with van der Waals surface area (Å²) in [4.78, 5) is 26.5. The number of rotatable bonds is 4. The Morgan fingerprint density at radius 2 is 1.92 bits per heavy atom. The van der Waals surface area contributed by atoms with E-state index in [-0.39, 0.29) is 11.9 Å². The molecule has 2 fully saturated rings. The fourth-order valence-corrected chi connectivity index (χ4v) is 4.46. The number of nitrogens with zero attached hydrogens (tertiary/aromatic N) is 3. The summed E-state index contributed by atoms with van der Waals surface area (Å²) >= 11 is 0. The van der Waals surface area contributed by atoms with Crippen LogP contribution in [0.2, 0.25) is 0 Å². The van der Waals surface area contributed by atoms with Gasteiger partial charge in [0.15, 0.2) is 0 Å². The molecule has 6 heteroatoms. The lowest BCUT2D eigenvalue weighted by atomic mass is 9.84. The number of hydrogen-bond donors (Lipinski definition) is 1. The zero-order valence-electron chi connectivity index (χ0n) is 14.6. The van der Waals surface area contributed by atoms with E-state index in [9.17, 15) is 14.7 Å². The Bertz CT molecular complexity index is 785. The molecular weight excluding hydrogens is 330 g/mol. The van der Waals surface area contributed by atoms with Gasteiger partial charge in [-0.05, 0) is 48.9 Å². The van der Waals surface area contributed by atoms with Crippen LogP contribution in [-0.4, -0.2) is 43.7 Å². The highest BCUT2D eigenvalue weighted by molar-refractivity contribution is 5.97. The molecule has 1 saturated carbocycles. The summed E-state index contributed by atoms with van der Waals surface area (Å²) < 4.78 is 1.82. The third-order valence-electron chi connectivity index (χ3n) is 5.71. The topological polar surface area (TPSA) is 75.4 Å². The van der Waals surface area contributed by atoms with Crippen molar-refractivity contribution in [3.8, 4) is 0 Å². The van der Waals surface area contributed by atoms with Gasteiger partial charge in [0.1, 0.15) is 6.04 Å². The maximum Gasteiger partial charge on any atom is 0.326 e. The average Bonchev–Trinajstić information content (AvgIpc) is 3.29. The van der Waals surface area contributed by atoms with E-state index < -0.39 is 12.0 Å². The molecule has 1 aromatic heterocycles. The number of fused-ring (bicyclic) bond motifs is 1. The predicted octanol–water partition coefficient (Wildman–Crippen LogP) is 2.79. The number of hydrogen-bond acceptors (Lipinski definition) is 3. The van der Waals surface area contributed by atoms with E-state index in [1.54, 1.807) is 23.2 Å². The van der Waals surface area contributed by atoms with Crippen LogP contribution < -0.4 is 0 Å². The van der Waals surface area contributed by atoms with Gasteiger partial charge in [0.05, 0.1) is 6.54 Å². The molecule has 0 bridgehead atoms. The fraction of sp³-hybridized carbons (Fsp3) is 0.450. The van der Waals surface area contributed by atoms with E-state index >= 15 is 0 Å². The van der Waals surface area contributed by atoms with Gasteiger partial charge in [0.2, 0.25) is 0 Å². The Labute approximate surface area is 152 Å². The lowest BCUT2D eigenvalue weighted by molar-refractivity contribution is -0.141. The Morgan fingerprint density at radius 3 is 2.62 bits per heavy atom. The largest absolute Gasteiger partial charge is 0.480 e. The number of aromatic nitrogens is 2. The highest BCUT2D eigenvalue weighted by Crippen LogP contribution is 2.40. The summed E-state index contributed by atoms with van der Waals surface area (Å²) in [5.41, 5.74) is 1.61. The van der Waals surface area contributed by atoms with E-state index in [1.165, 1.54) is 0 Å². The first-order valence-corrected chi connectivity index (χ1v) is 9.25. The van der Waals surface area contributed by atoms with Gasteiger partial charge in [-0.2, -0.15) is 5.10 Å². The molecular formula is C20H23N3O3. The minimum atomic E-state index is -0.886. The van der Waals surface area contributed by atoms with E-state index in [0.29, 0.717) is 24.4 Å². The molecule has 1 amide bonds. The number of amides is 1. The van der Waals surface area contributed by atoms with Crippen LogP contribution in [0.15, 0.2) is 42.7 Å². The molecule has 4 rings (SSSR count). The zero-order chi connectivity index (χ0) is 18.1. The average molecular weight is 353 g/mol. The van der Waals surface area contributed by atoms with Gasteiger partial charge < -0.3 is 10.0 Å². The van der Waals surface area contributed by atoms with Gasteiger partial charge in [-0.1, -0.05) is 25.0 Å². The second kappa shape index (κ2) is 6.94. The number of likely N-dealkylation sites (tertiary alicyclic amines) is 1. The van der Waals surface area contributed by atoms with Gasteiger partial charge in [0, 0.05) is 24.0 Å². The van der Waals surface area contributed by atoms with Gasteiger partial charge in [-0.15, -0.1) is 0 Å². The summed E-state index contributed by atoms with van der Waals surface area (Å²) in [5, 5.41) is 13.8. The first-order chi connectivity index (χ1) is 12.6. The van der Waals surface area contributed by atoms with E-state index in [4.69, 9.17) is 0 Å². The number of carbonyl (C=O) groups excluding carboxylic acids is 1. The Morgan fingerprint density at radius 1 is 1.15 bits per heavy atom. The minimum Gasteiger partial charge on any atom is -0.480 e. The number of carbonyl (C=O) groups is 2.